The molecule has 0 saturated carbocycles. The average molecular weight is 221 g/mol. The van der Waals surface area contributed by atoms with Gasteiger partial charge in [0.15, 0.2) is 0 Å². The van der Waals surface area contributed by atoms with Crippen LogP contribution in [0, 0.1) is 12.8 Å². The zero-order chi connectivity index (χ0) is 12.1. The molecule has 2 nitrogen and oxygen atoms in total. The van der Waals surface area contributed by atoms with Crippen LogP contribution in [0.1, 0.15) is 37.9 Å². The predicted molar refractivity (Wildman–Crippen MR) is 68.4 cm³/mol. The van der Waals surface area contributed by atoms with Crippen molar-refractivity contribution < 1.29 is 5.11 Å². The molecule has 0 saturated heterocycles. The standard InChI is InChI=1S/C14H23NO/c1-10(2)14(15-9-12(4)16)13-8-6-5-7-11(13)3/h5-8,10,12,14-16H,9H2,1-4H3/t12-,14?/m1/s1. The van der Waals surface area contributed by atoms with E-state index >= 15 is 0 Å². The van der Waals surface area contributed by atoms with Gasteiger partial charge in [0.05, 0.1) is 6.10 Å². The lowest BCUT2D eigenvalue weighted by atomic mass is 9.92. The van der Waals surface area contributed by atoms with E-state index in [9.17, 15) is 5.11 Å². The highest BCUT2D eigenvalue weighted by atomic mass is 16.3. The van der Waals surface area contributed by atoms with Crippen LogP contribution in [0.4, 0.5) is 0 Å². The van der Waals surface area contributed by atoms with Crippen molar-refractivity contribution in [1.82, 2.24) is 5.32 Å². The van der Waals surface area contributed by atoms with Gasteiger partial charge in [-0.05, 0) is 30.9 Å². The van der Waals surface area contributed by atoms with E-state index in [-0.39, 0.29) is 6.10 Å². The molecule has 1 aromatic carbocycles. The summed E-state index contributed by atoms with van der Waals surface area (Å²) in [6.45, 7) is 8.98. The molecule has 0 aliphatic carbocycles. The van der Waals surface area contributed by atoms with Gasteiger partial charge in [0.1, 0.15) is 0 Å². The molecule has 1 aromatic rings. The molecule has 0 bridgehead atoms. The Balaban J connectivity index is 2.82. The van der Waals surface area contributed by atoms with Crippen molar-refractivity contribution >= 4 is 0 Å². The van der Waals surface area contributed by atoms with Crippen molar-refractivity contribution in [2.24, 2.45) is 5.92 Å². The number of aliphatic hydroxyl groups excluding tert-OH is 1. The normalized spacial score (nSPS) is 15.1. The summed E-state index contributed by atoms with van der Waals surface area (Å²) >= 11 is 0. The molecule has 90 valence electrons. The minimum atomic E-state index is -0.301. The summed E-state index contributed by atoms with van der Waals surface area (Å²) < 4.78 is 0. The Kier molecular flexibility index (Phi) is 4.97. The fraction of sp³-hybridized carbons (Fsp3) is 0.571. The fourth-order valence-corrected chi connectivity index (χ4v) is 1.94. The van der Waals surface area contributed by atoms with Gasteiger partial charge in [-0.15, -0.1) is 0 Å². The predicted octanol–water partition coefficient (Wildman–Crippen LogP) is 2.66. The molecular weight excluding hydrogens is 198 g/mol. The van der Waals surface area contributed by atoms with E-state index in [2.05, 4.69) is 50.4 Å². The van der Waals surface area contributed by atoms with Crippen molar-refractivity contribution in [2.75, 3.05) is 6.54 Å². The number of hydrogen-bond acceptors (Lipinski definition) is 2. The first-order chi connectivity index (χ1) is 7.52. The number of nitrogens with one attached hydrogen (secondary N) is 1. The number of aryl methyl sites for hydroxylation is 1. The zero-order valence-electron chi connectivity index (χ0n) is 10.7. The maximum atomic E-state index is 9.34. The number of hydrogen-bond donors (Lipinski definition) is 2. The maximum absolute atomic E-state index is 9.34. The average Bonchev–Trinajstić information content (AvgIpc) is 2.20. The molecule has 1 unspecified atom stereocenters. The second-order valence-corrected chi connectivity index (χ2v) is 4.84. The molecule has 0 spiro atoms. The third kappa shape index (κ3) is 3.62. The summed E-state index contributed by atoms with van der Waals surface area (Å²) in [5.74, 6) is 0.514. The lowest BCUT2D eigenvalue weighted by Crippen LogP contribution is -2.32. The Morgan fingerprint density at radius 2 is 1.81 bits per heavy atom. The lowest BCUT2D eigenvalue weighted by Gasteiger charge is -2.25. The van der Waals surface area contributed by atoms with E-state index in [0.717, 1.165) is 0 Å². The van der Waals surface area contributed by atoms with Gasteiger partial charge in [-0.3, -0.25) is 0 Å². The van der Waals surface area contributed by atoms with E-state index in [1.54, 1.807) is 0 Å². The van der Waals surface area contributed by atoms with Crippen LogP contribution in [0.15, 0.2) is 24.3 Å². The first-order valence-corrected chi connectivity index (χ1v) is 5.99. The van der Waals surface area contributed by atoms with Crippen molar-refractivity contribution in [1.29, 1.82) is 0 Å². The monoisotopic (exact) mass is 221 g/mol. The summed E-state index contributed by atoms with van der Waals surface area (Å²) in [7, 11) is 0. The van der Waals surface area contributed by atoms with E-state index in [4.69, 9.17) is 0 Å². The van der Waals surface area contributed by atoms with Gasteiger partial charge >= 0.3 is 0 Å². The van der Waals surface area contributed by atoms with Crippen LogP contribution in [0.2, 0.25) is 0 Å². The molecule has 2 atom stereocenters. The van der Waals surface area contributed by atoms with Crippen LogP contribution in [-0.4, -0.2) is 17.8 Å². The van der Waals surface area contributed by atoms with Gasteiger partial charge in [0.2, 0.25) is 0 Å². The molecule has 0 radical (unpaired) electrons. The van der Waals surface area contributed by atoms with E-state index < -0.39 is 0 Å². The molecule has 0 heterocycles. The molecule has 0 aromatic heterocycles. The maximum Gasteiger partial charge on any atom is 0.0636 e. The summed E-state index contributed by atoms with van der Waals surface area (Å²) in [5, 5.41) is 12.8. The van der Waals surface area contributed by atoms with Gasteiger partial charge in [0, 0.05) is 12.6 Å². The Morgan fingerprint density at radius 1 is 1.19 bits per heavy atom. The molecule has 2 heteroatoms. The van der Waals surface area contributed by atoms with Crippen LogP contribution >= 0.6 is 0 Å². The first-order valence-electron chi connectivity index (χ1n) is 5.99. The Labute approximate surface area is 98.7 Å². The fourth-order valence-electron chi connectivity index (χ4n) is 1.94. The van der Waals surface area contributed by atoms with Crippen LogP contribution in [0.5, 0.6) is 0 Å². The van der Waals surface area contributed by atoms with Crippen LogP contribution in [-0.2, 0) is 0 Å². The quantitative estimate of drug-likeness (QED) is 0.801. The minimum Gasteiger partial charge on any atom is -0.392 e. The highest BCUT2D eigenvalue weighted by Crippen LogP contribution is 2.24. The van der Waals surface area contributed by atoms with E-state index in [0.29, 0.717) is 18.5 Å². The molecule has 0 fully saturated rings. The summed E-state index contributed by atoms with van der Waals surface area (Å²) in [4.78, 5) is 0. The Morgan fingerprint density at radius 3 is 2.31 bits per heavy atom. The second-order valence-electron chi connectivity index (χ2n) is 4.84. The summed E-state index contributed by atoms with van der Waals surface area (Å²) in [6, 6.07) is 8.74. The molecule has 0 amide bonds. The lowest BCUT2D eigenvalue weighted by molar-refractivity contribution is 0.181. The molecule has 2 N–H and O–H groups in total. The third-order valence-electron chi connectivity index (χ3n) is 2.82. The van der Waals surface area contributed by atoms with Crippen LogP contribution in [0.25, 0.3) is 0 Å². The van der Waals surface area contributed by atoms with Crippen molar-refractivity contribution in [2.45, 2.75) is 39.8 Å². The van der Waals surface area contributed by atoms with Crippen LogP contribution < -0.4 is 5.32 Å². The van der Waals surface area contributed by atoms with Gasteiger partial charge in [0.25, 0.3) is 0 Å². The van der Waals surface area contributed by atoms with Crippen LogP contribution in [0.3, 0.4) is 0 Å². The van der Waals surface area contributed by atoms with E-state index in [1.807, 2.05) is 6.92 Å². The summed E-state index contributed by atoms with van der Waals surface area (Å²) in [5.41, 5.74) is 2.64. The second kappa shape index (κ2) is 6.02. The van der Waals surface area contributed by atoms with Gasteiger partial charge in [-0.25, -0.2) is 0 Å². The molecule has 16 heavy (non-hydrogen) atoms. The zero-order valence-corrected chi connectivity index (χ0v) is 10.7. The molecule has 0 aliphatic heterocycles. The van der Waals surface area contributed by atoms with Gasteiger partial charge < -0.3 is 10.4 Å². The minimum absolute atomic E-state index is 0.301. The Hall–Kier alpha value is -0.860. The highest BCUT2D eigenvalue weighted by molar-refractivity contribution is 5.29. The van der Waals surface area contributed by atoms with Gasteiger partial charge in [-0.1, -0.05) is 38.1 Å². The third-order valence-corrected chi connectivity index (χ3v) is 2.82. The largest absolute Gasteiger partial charge is 0.392 e. The summed E-state index contributed by atoms with van der Waals surface area (Å²) in [6.07, 6.45) is -0.301. The van der Waals surface area contributed by atoms with Crippen molar-refractivity contribution in [3.05, 3.63) is 35.4 Å². The van der Waals surface area contributed by atoms with Crippen molar-refractivity contribution in [3.8, 4) is 0 Å². The number of rotatable bonds is 5. The topological polar surface area (TPSA) is 32.3 Å². The first kappa shape index (κ1) is 13.2. The molecule has 0 aliphatic rings. The van der Waals surface area contributed by atoms with Crippen molar-refractivity contribution in [3.63, 3.8) is 0 Å². The highest BCUT2D eigenvalue weighted by Gasteiger charge is 2.17. The van der Waals surface area contributed by atoms with Gasteiger partial charge in [-0.2, -0.15) is 0 Å². The number of aliphatic hydroxyl groups is 1. The molecular formula is C14H23NO. The Bertz CT molecular complexity index is 320. The number of benzene rings is 1. The molecule has 1 rings (SSSR count). The smallest absolute Gasteiger partial charge is 0.0636 e. The van der Waals surface area contributed by atoms with E-state index in [1.165, 1.54) is 11.1 Å². The SMILES string of the molecule is Cc1ccccc1C(NC[C@@H](C)O)C(C)C.